The number of hydrogen-bond donors (Lipinski definition) is 1. The van der Waals surface area contributed by atoms with Gasteiger partial charge in [-0.3, -0.25) is 9.36 Å². The van der Waals surface area contributed by atoms with Crippen molar-refractivity contribution in [2.24, 2.45) is 0 Å². The molecular weight excluding hydrogens is 232 g/mol. The third-order valence-corrected chi connectivity index (χ3v) is 2.63. The lowest BCUT2D eigenvalue weighted by molar-refractivity contribution is 0.0693. The van der Waals surface area contributed by atoms with E-state index in [0.717, 1.165) is 11.8 Å². The Morgan fingerprint density at radius 3 is 2.56 bits per heavy atom. The molecule has 2 rings (SSSR count). The van der Waals surface area contributed by atoms with Crippen LogP contribution in [0.1, 0.15) is 17.3 Å². The summed E-state index contributed by atoms with van der Waals surface area (Å²) in [5, 5.41) is 8.89. The monoisotopic (exact) mass is 244 g/mol. The summed E-state index contributed by atoms with van der Waals surface area (Å²) < 4.78 is 1.36. The first-order valence-electron chi connectivity index (χ1n) is 5.53. The van der Waals surface area contributed by atoms with Crippen LogP contribution in [0.15, 0.2) is 41.3 Å². The maximum atomic E-state index is 12.0. The average molecular weight is 244 g/mol. The number of benzene rings is 1. The molecule has 5 heteroatoms. The Labute approximate surface area is 103 Å². The van der Waals surface area contributed by atoms with Crippen molar-refractivity contribution in [1.82, 2.24) is 9.55 Å². The maximum Gasteiger partial charge on any atom is 0.342 e. The van der Waals surface area contributed by atoms with E-state index in [9.17, 15) is 9.59 Å². The number of carboxylic acids is 1. The fraction of sp³-hybridized carbons (Fsp3) is 0.154. The molecule has 0 fully saturated rings. The molecule has 18 heavy (non-hydrogen) atoms. The Morgan fingerprint density at radius 2 is 2.00 bits per heavy atom. The van der Waals surface area contributed by atoms with E-state index in [-0.39, 0.29) is 5.56 Å². The van der Waals surface area contributed by atoms with Gasteiger partial charge in [-0.1, -0.05) is 30.3 Å². The van der Waals surface area contributed by atoms with Crippen LogP contribution in [0.2, 0.25) is 0 Å². The van der Waals surface area contributed by atoms with Crippen LogP contribution >= 0.6 is 0 Å². The molecule has 0 spiro atoms. The second-order valence-corrected chi connectivity index (χ2v) is 3.72. The molecule has 92 valence electrons. The van der Waals surface area contributed by atoms with Crippen LogP contribution in [0.25, 0.3) is 11.4 Å². The van der Waals surface area contributed by atoms with E-state index in [1.807, 2.05) is 30.3 Å². The minimum absolute atomic E-state index is 0.309. The van der Waals surface area contributed by atoms with Gasteiger partial charge in [0, 0.05) is 18.3 Å². The molecule has 0 radical (unpaired) electrons. The lowest BCUT2D eigenvalue weighted by atomic mass is 10.2. The fourth-order valence-corrected chi connectivity index (χ4v) is 1.75. The molecule has 1 aromatic heterocycles. The predicted molar refractivity (Wildman–Crippen MR) is 66.6 cm³/mol. The van der Waals surface area contributed by atoms with Crippen molar-refractivity contribution < 1.29 is 9.90 Å². The Hall–Kier alpha value is -2.43. The molecule has 0 saturated carbocycles. The molecule has 0 aliphatic rings. The molecular formula is C13H12N2O3. The van der Waals surface area contributed by atoms with Gasteiger partial charge < -0.3 is 5.11 Å². The highest BCUT2D eigenvalue weighted by molar-refractivity contribution is 5.86. The van der Waals surface area contributed by atoms with Gasteiger partial charge in [0.1, 0.15) is 11.4 Å². The van der Waals surface area contributed by atoms with Gasteiger partial charge in [-0.05, 0) is 6.92 Å². The standard InChI is InChI=1S/C13H12N2O3/c1-2-15-11(9-6-4-3-5-7-9)14-8-10(12(15)16)13(17)18/h3-8H,2H2,1H3,(H,17,18). The Morgan fingerprint density at radius 1 is 1.33 bits per heavy atom. The summed E-state index contributed by atoms with van der Waals surface area (Å²) >= 11 is 0. The number of aromatic carboxylic acids is 1. The summed E-state index contributed by atoms with van der Waals surface area (Å²) in [7, 11) is 0. The van der Waals surface area contributed by atoms with Crippen molar-refractivity contribution in [1.29, 1.82) is 0 Å². The van der Waals surface area contributed by atoms with E-state index in [1.54, 1.807) is 6.92 Å². The van der Waals surface area contributed by atoms with E-state index in [0.29, 0.717) is 12.4 Å². The van der Waals surface area contributed by atoms with E-state index < -0.39 is 11.5 Å². The number of aromatic nitrogens is 2. The minimum atomic E-state index is -1.26. The van der Waals surface area contributed by atoms with E-state index in [2.05, 4.69) is 4.98 Å². The highest BCUT2D eigenvalue weighted by Gasteiger charge is 2.15. The minimum Gasteiger partial charge on any atom is -0.477 e. The van der Waals surface area contributed by atoms with Crippen molar-refractivity contribution in [2.75, 3.05) is 0 Å². The van der Waals surface area contributed by atoms with Crippen molar-refractivity contribution in [2.45, 2.75) is 13.5 Å². The van der Waals surface area contributed by atoms with Gasteiger partial charge in [-0.25, -0.2) is 9.78 Å². The van der Waals surface area contributed by atoms with Gasteiger partial charge in [-0.15, -0.1) is 0 Å². The van der Waals surface area contributed by atoms with Crippen LogP contribution in [-0.4, -0.2) is 20.6 Å². The lowest BCUT2D eigenvalue weighted by Gasteiger charge is -2.10. The van der Waals surface area contributed by atoms with Crippen LogP contribution in [0.4, 0.5) is 0 Å². The zero-order valence-electron chi connectivity index (χ0n) is 9.83. The van der Waals surface area contributed by atoms with E-state index >= 15 is 0 Å². The summed E-state index contributed by atoms with van der Waals surface area (Å²) in [5.74, 6) is -0.776. The molecule has 0 aliphatic heterocycles. The Kier molecular flexibility index (Phi) is 3.23. The fourth-order valence-electron chi connectivity index (χ4n) is 1.75. The molecule has 0 amide bonds. The summed E-state index contributed by atoms with van der Waals surface area (Å²) in [6.07, 6.45) is 1.11. The topological polar surface area (TPSA) is 72.2 Å². The third-order valence-electron chi connectivity index (χ3n) is 2.63. The number of carboxylic acid groups (broad SMARTS) is 1. The molecule has 1 aromatic carbocycles. The SMILES string of the molecule is CCn1c(-c2ccccc2)ncc(C(=O)O)c1=O. The molecule has 5 nitrogen and oxygen atoms in total. The van der Waals surface area contributed by atoms with Crippen LogP contribution in [0.3, 0.4) is 0 Å². The highest BCUT2D eigenvalue weighted by Crippen LogP contribution is 2.14. The largest absolute Gasteiger partial charge is 0.477 e. The van der Waals surface area contributed by atoms with Crippen LogP contribution in [0.5, 0.6) is 0 Å². The predicted octanol–water partition coefficient (Wildman–Crippen LogP) is 1.63. The molecule has 0 atom stereocenters. The average Bonchev–Trinajstić information content (AvgIpc) is 2.39. The summed E-state index contributed by atoms with van der Waals surface area (Å²) in [6.45, 7) is 2.15. The number of rotatable bonds is 3. The highest BCUT2D eigenvalue weighted by atomic mass is 16.4. The van der Waals surface area contributed by atoms with Crippen molar-refractivity contribution in [3.8, 4) is 11.4 Å². The first-order chi connectivity index (χ1) is 8.65. The van der Waals surface area contributed by atoms with E-state index in [4.69, 9.17) is 5.11 Å². The second kappa shape index (κ2) is 4.83. The molecule has 1 heterocycles. The summed E-state index contributed by atoms with van der Waals surface area (Å²) in [5.41, 5.74) is -0.0521. The van der Waals surface area contributed by atoms with Gasteiger partial charge in [-0.2, -0.15) is 0 Å². The van der Waals surface area contributed by atoms with Gasteiger partial charge in [0.25, 0.3) is 5.56 Å². The lowest BCUT2D eigenvalue weighted by Crippen LogP contribution is -2.28. The smallest absolute Gasteiger partial charge is 0.342 e. The molecule has 1 N–H and O–H groups in total. The van der Waals surface area contributed by atoms with Crippen molar-refractivity contribution in [3.63, 3.8) is 0 Å². The molecule has 2 aromatic rings. The van der Waals surface area contributed by atoms with E-state index in [1.165, 1.54) is 4.57 Å². The molecule has 0 bridgehead atoms. The molecule has 0 saturated heterocycles. The Bertz CT molecular complexity index is 632. The Balaban J connectivity index is 2.68. The zero-order valence-corrected chi connectivity index (χ0v) is 9.83. The van der Waals surface area contributed by atoms with Crippen LogP contribution in [-0.2, 0) is 6.54 Å². The first kappa shape index (κ1) is 12.0. The summed E-state index contributed by atoms with van der Waals surface area (Å²) in [6, 6.07) is 9.20. The third kappa shape index (κ3) is 2.02. The maximum absolute atomic E-state index is 12.0. The first-order valence-corrected chi connectivity index (χ1v) is 5.53. The second-order valence-electron chi connectivity index (χ2n) is 3.72. The quantitative estimate of drug-likeness (QED) is 0.890. The number of nitrogens with zero attached hydrogens (tertiary/aromatic N) is 2. The van der Waals surface area contributed by atoms with Gasteiger partial charge in [0.05, 0.1) is 0 Å². The normalized spacial score (nSPS) is 10.3. The number of hydrogen-bond acceptors (Lipinski definition) is 3. The molecule has 0 unspecified atom stereocenters. The zero-order chi connectivity index (χ0) is 13.1. The number of carbonyl (C=O) groups is 1. The van der Waals surface area contributed by atoms with Crippen molar-refractivity contribution >= 4 is 5.97 Å². The summed E-state index contributed by atoms with van der Waals surface area (Å²) in [4.78, 5) is 26.9. The molecule has 0 aliphatic carbocycles. The van der Waals surface area contributed by atoms with Crippen LogP contribution < -0.4 is 5.56 Å². The van der Waals surface area contributed by atoms with Crippen molar-refractivity contribution in [3.05, 3.63) is 52.4 Å². The van der Waals surface area contributed by atoms with Gasteiger partial charge in [0.2, 0.25) is 0 Å². The van der Waals surface area contributed by atoms with Crippen LogP contribution in [0, 0.1) is 0 Å². The van der Waals surface area contributed by atoms with Gasteiger partial charge in [0.15, 0.2) is 0 Å². The van der Waals surface area contributed by atoms with Gasteiger partial charge >= 0.3 is 5.97 Å².